The van der Waals surface area contributed by atoms with Crippen molar-refractivity contribution < 1.29 is 19.2 Å². The zero-order valence-electron chi connectivity index (χ0n) is 17.7. The van der Waals surface area contributed by atoms with Gasteiger partial charge in [-0.25, -0.2) is 5.01 Å². The molecule has 0 radical (unpaired) electrons. The predicted molar refractivity (Wildman–Crippen MR) is 125 cm³/mol. The van der Waals surface area contributed by atoms with E-state index in [4.69, 9.17) is 23.2 Å². The van der Waals surface area contributed by atoms with Gasteiger partial charge in [0.2, 0.25) is 0 Å². The number of fused-ring (bicyclic) bond motifs is 1. The number of halogens is 2. The van der Waals surface area contributed by atoms with E-state index in [-0.39, 0.29) is 21.7 Å². The molecule has 0 aliphatic carbocycles. The van der Waals surface area contributed by atoms with Crippen LogP contribution < -0.4 is 0 Å². The summed E-state index contributed by atoms with van der Waals surface area (Å²) in [5.74, 6) is -2.61. The maximum absolute atomic E-state index is 13.6. The zero-order valence-corrected chi connectivity index (χ0v) is 19.2. The Bertz CT molecular complexity index is 1270. The summed E-state index contributed by atoms with van der Waals surface area (Å²) < 4.78 is 0. The van der Waals surface area contributed by atoms with Gasteiger partial charge in [0, 0.05) is 10.6 Å². The van der Waals surface area contributed by atoms with E-state index in [1.807, 2.05) is 6.92 Å². The first kappa shape index (κ1) is 22.7. The molecule has 0 fully saturated rings. The summed E-state index contributed by atoms with van der Waals surface area (Å²) in [4.78, 5) is 53.3. The molecule has 1 heterocycles. The van der Waals surface area contributed by atoms with Crippen molar-refractivity contribution in [2.24, 2.45) is 0 Å². The van der Waals surface area contributed by atoms with Crippen LogP contribution in [0.4, 0.5) is 0 Å². The highest BCUT2D eigenvalue weighted by atomic mass is 35.5. The van der Waals surface area contributed by atoms with E-state index in [1.165, 1.54) is 37.3 Å². The second-order valence-electron chi connectivity index (χ2n) is 7.65. The van der Waals surface area contributed by atoms with Crippen molar-refractivity contribution in [2.45, 2.75) is 19.9 Å². The van der Waals surface area contributed by atoms with Gasteiger partial charge in [-0.1, -0.05) is 65.2 Å². The Hall–Kier alpha value is -3.48. The highest BCUT2D eigenvalue weighted by Crippen LogP contribution is 2.30. The lowest BCUT2D eigenvalue weighted by Gasteiger charge is -2.34. The number of rotatable bonds is 5. The van der Waals surface area contributed by atoms with Crippen LogP contribution in [-0.2, 0) is 0 Å². The summed E-state index contributed by atoms with van der Waals surface area (Å²) >= 11 is 12.2. The van der Waals surface area contributed by atoms with E-state index in [0.29, 0.717) is 15.6 Å². The second kappa shape index (κ2) is 8.81. The third kappa shape index (κ3) is 4.03. The summed E-state index contributed by atoms with van der Waals surface area (Å²) in [5.41, 5.74) is 1.60. The van der Waals surface area contributed by atoms with Gasteiger partial charge in [0.1, 0.15) is 6.04 Å². The Kier molecular flexibility index (Phi) is 6.06. The molecule has 1 aliphatic rings. The van der Waals surface area contributed by atoms with E-state index >= 15 is 0 Å². The van der Waals surface area contributed by atoms with E-state index < -0.39 is 29.5 Å². The van der Waals surface area contributed by atoms with E-state index in [2.05, 4.69) is 0 Å². The number of benzene rings is 3. The summed E-state index contributed by atoms with van der Waals surface area (Å²) in [7, 11) is 0. The number of aryl methyl sites for hydroxylation is 1. The third-order valence-electron chi connectivity index (χ3n) is 5.44. The fourth-order valence-corrected chi connectivity index (χ4v) is 4.16. The Morgan fingerprint density at radius 3 is 2.00 bits per heavy atom. The molecule has 166 valence electrons. The maximum atomic E-state index is 13.6. The minimum absolute atomic E-state index is 0.00109. The Labute approximate surface area is 200 Å². The lowest BCUT2D eigenvalue weighted by Crippen LogP contribution is -2.56. The lowest BCUT2D eigenvalue weighted by molar-refractivity contribution is -0.00680. The first-order valence-electron chi connectivity index (χ1n) is 10.1. The first-order valence-corrected chi connectivity index (χ1v) is 10.8. The zero-order chi connectivity index (χ0) is 23.9. The van der Waals surface area contributed by atoms with Gasteiger partial charge in [-0.2, -0.15) is 5.01 Å². The van der Waals surface area contributed by atoms with Crippen molar-refractivity contribution in [3.8, 4) is 0 Å². The molecule has 1 unspecified atom stereocenters. The van der Waals surface area contributed by atoms with Crippen molar-refractivity contribution in [3.63, 3.8) is 0 Å². The van der Waals surface area contributed by atoms with Gasteiger partial charge >= 0.3 is 0 Å². The summed E-state index contributed by atoms with van der Waals surface area (Å²) in [6, 6.07) is 16.1. The van der Waals surface area contributed by atoms with Crippen LogP contribution in [0.3, 0.4) is 0 Å². The molecule has 1 aliphatic heterocycles. The van der Waals surface area contributed by atoms with Gasteiger partial charge in [-0.3, -0.25) is 19.2 Å². The predicted octanol–water partition coefficient (Wildman–Crippen LogP) is 5.23. The Balaban J connectivity index is 1.81. The number of hydrogen-bond acceptors (Lipinski definition) is 4. The van der Waals surface area contributed by atoms with Crippen molar-refractivity contribution in [3.05, 3.63) is 105 Å². The first-order chi connectivity index (χ1) is 15.7. The van der Waals surface area contributed by atoms with Crippen LogP contribution in [0.25, 0.3) is 0 Å². The maximum Gasteiger partial charge on any atom is 0.280 e. The molecular weight excluding hydrogens is 463 g/mol. The van der Waals surface area contributed by atoms with Gasteiger partial charge in [0.15, 0.2) is 5.78 Å². The van der Waals surface area contributed by atoms with Gasteiger partial charge in [-0.05, 0) is 44.2 Å². The van der Waals surface area contributed by atoms with Crippen LogP contribution >= 0.6 is 23.2 Å². The smallest absolute Gasteiger partial charge is 0.280 e. The number of imide groups is 1. The highest BCUT2D eigenvalue weighted by Gasteiger charge is 2.45. The number of ketones is 1. The van der Waals surface area contributed by atoms with Crippen molar-refractivity contribution in [2.75, 3.05) is 0 Å². The molecule has 8 heteroatoms. The molecule has 3 amide bonds. The molecule has 0 spiro atoms. The normalized spacial score (nSPS) is 13.6. The SMILES string of the molecule is Cc1ccc(C(=O)C(C)N(C(=O)c2ccc(Cl)cc2Cl)N2C(=O)c3ccccc3C2=O)cc1. The second-order valence-corrected chi connectivity index (χ2v) is 8.49. The molecule has 3 aromatic rings. The number of Topliss-reactive ketones (excluding diaryl/α,β-unsaturated/α-hetero) is 1. The van der Waals surface area contributed by atoms with E-state index in [0.717, 1.165) is 10.6 Å². The quantitative estimate of drug-likeness (QED) is 0.370. The number of nitrogens with zero attached hydrogens (tertiary/aromatic N) is 2. The largest absolute Gasteiger partial charge is 0.292 e. The topological polar surface area (TPSA) is 74.8 Å². The fourth-order valence-electron chi connectivity index (χ4n) is 3.67. The average Bonchev–Trinajstić information content (AvgIpc) is 3.04. The molecular formula is C25H18Cl2N2O4. The van der Waals surface area contributed by atoms with Crippen LogP contribution in [0.1, 0.15) is 53.9 Å². The minimum atomic E-state index is -1.19. The minimum Gasteiger partial charge on any atom is -0.292 e. The monoisotopic (exact) mass is 480 g/mol. The Morgan fingerprint density at radius 1 is 0.879 bits per heavy atom. The van der Waals surface area contributed by atoms with Crippen LogP contribution in [-0.4, -0.2) is 39.6 Å². The van der Waals surface area contributed by atoms with Gasteiger partial charge in [-0.15, -0.1) is 0 Å². The molecule has 0 N–H and O–H groups in total. The van der Waals surface area contributed by atoms with Crippen molar-refractivity contribution in [1.82, 2.24) is 10.0 Å². The van der Waals surface area contributed by atoms with Crippen LogP contribution in [0.5, 0.6) is 0 Å². The average molecular weight is 481 g/mol. The van der Waals surface area contributed by atoms with E-state index in [1.54, 1.807) is 36.4 Å². The van der Waals surface area contributed by atoms with Gasteiger partial charge in [0.05, 0.1) is 21.7 Å². The fraction of sp³-hybridized carbons (Fsp3) is 0.120. The summed E-state index contributed by atoms with van der Waals surface area (Å²) in [6.07, 6.45) is 0. The molecule has 0 saturated heterocycles. The van der Waals surface area contributed by atoms with E-state index in [9.17, 15) is 19.2 Å². The van der Waals surface area contributed by atoms with Crippen LogP contribution in [0, 0.1) is 6.92 Å². The number of carbonyl (C=O) groups is 4. The van der Waals surface area contributed by atoms with Crippen molar-refractivity contribution in [1.29, 1.82) is 0 Å². The number of hydrogen-bond donors (Lipinski definition) is 0. The molecule has 6 nitrogen and oxygen atoms in total. The number of hydrazine groups is 1. The van der Waals surface area contributed by atoms with Crippen molar-refractivity contribution >= 4 is 46.7 Å². The number of carbonyl (C=O) groups excluding carboxylic acids is 4. The highest BCUT2D eigenvalue weighted by molar-refractivity contribution is 6.37. The standard InChI is InChI=1S/C25H18Cl2N2O4/c1-14-7-9-16(10-8-14)22(30)15(2)28(25(33)20-12-11-17(26)13-21(20)27)29-23(31)18-5-3-4-6-19(18)24(29)32/h3-13,15H,1-2H3. The molecule has 1 atom stereocenters. The lowest BCUT2D eigenvalue weighted by atomic mass is 10.0. The molecule has 33 heavy (non-hydrogen) atoms. The van der Waals surface area contributed by atoms with Crippen LogP contribution in [0.2, 0.25) is 10.0 Å². The third-order valence-corrected chi connectivity index (χ3v) is 5.99. The van der Waals surface area contributed by atoms with Gasteiger partial charge in [0.25, 0.3) is 17.7 Å². The molecule has 3 aromatic carbocycles. The van der Waals surface area contributed by atoms with Crippen LogP contribution in [0.15, 0.2) is 66.7 Å². The summed E-state index contributed by atoms with van der Waals surface area (Å²) in [6.45, 7) is 3.35. The number of amides is 3. The molecule has 0 aromatic heterocycles. The molecule has 4 rings (SSSR count). The molecule has 0 bridgehead atoms. The summed E-state index contributed by atoms with van der Waals surface area (Å²) in [5, 5.41) is 1.94. The van der Waals surface area contributed by atoms with Gasteiger partial charge < -0.3 is 0 Å². The molecule has 0 saturated carbocycles. The Morgan fingerprint density at radius 2 is 1.45 bits per heavy atom.